The minimum Gasteiger partial charge on any atom is -0.372 e. The van der Waals surface area contributed by atoms with E-state index in [1.54, 1.807) is 18.3 Å². The van der Waals surface area contributed by atoms with E-state index < -0.39 is 4.92 Å². The van der Waals surface area contributed by atoms with Crippen molar-refractivity contribution < 1.29 is 4.92 Å². The molecule has 0 aromatic heterocycles. The summed E-state index contributed by atoms with van der Waals surface area (Å²) < 4.78 is 0. The van der Waals surface area contributed by atoms with Crippen molar-refractivity contribution in [1.29, 1.82) is 0 Å². The molecule has 0 saturated carbocycles. The molecule has 0 aliphatic carbocycles. The van der Waals surface area contributed by atoms with Gasteiger partial charge in [-0.15, -0.1) is 0 Å². The fourth-order valence-corrected chi connectivity index (χ4v) is 2.59. The molecule has 0 atom stereocenters. The Labute approximate surface area is 134 Å². The first-order chi connectivity index (χ1) is 11.2. The van der Waals surface area contributed by atoms with Crippen molar-refractivity contribution in [2.24, 2.45) is 5.10 Å². The van der Waals surface area contributed by atoms with Crippen molar-refractivity contribution in [1.82, 2.24) is 0 Å². The highest BCUT2D eigenvalue weighted by Crippen LogP contribution is 2.20. The van der Waals surface area contributed by atoms with Crippen LogP contribution in [0.5, 0.6) is 0 Å². The molecule has 0 spiro atoms. The number of rotatable bonds is 5. The molecule has 0 unspecified atom stereocenters. The average molecular weight is 310 g/mol. The van der Waals surface area contributed by atoms with Gasteiger partial charge in [-0.1, -0.05) is 12.1 Å². The Balaban J connectivity index is 1.58. The first kappa shape index (κ1) is 15.0. The van der Waals surface area contributed by atoms with Crippen LogP contribution in [0.25, 0.3) is 0 Å². The fraction of sp³-hybridized carbons (Fsp3) is 0.235. The Kier molecular flexibility index (Phi) is 4.52. The Morgan fingerprint density at radius 3 is 2.30 bits per heavy atom. The minimum absolute atomic E-state index is 0.0667. The lowest BCUT2D eigenvalue weighted by Crippen LogP contribution is -2.17. The topological polar surface area (TPSA) is 70.8 Å². The molecule has 118 valence electrons. The molecule has 6 heteroatoms. The van der Waals surface area contributed by atoms with Gasteiger partial charge in [0, 0.05) is 30.9 Å². The number of hydrogen-bond donors (Lipinski definition) is 1. The predicted molar refractivity (Wildman–Crippen MR) is 92.2 cm³/mol. The van der Waals surface area contributed by atoms with Crippen LogP contribution in [0.15, 0.2) is 53.6 Å². The number of nitro groups is 1. The van der Waals surface area contributed by atoms with E-state index in [9.17, 15) is 10.1 Å². The van der Waals surface area contributed by atoms with Gasteiger partial charge in [-0.05, 0) is 42.7 Å². The second-order valence-corrected chi connectivity index (χ2v) is 5.46. The maximum Gasteiger partial charge on any atom is 0.269 e. The molecule has 0 bridgehead atoms. The van der Waals surface area contributed by atoms with E-state index in [1.165, 1.54) is 30.7 Å². The van der Waals surface area contributed by atoms with Gasteiger partial charge in [-0.3, -0.25) is 15.5 Å². The highest BCUT2D eigenvalue weighted by molar-refractivity contribution is 5.81. The van der Waals surface area contributed by atoms with Gasteiger partial charge >= 0.3 is 0 Å². The van der Waals surface area contributed by atoms with Gasteiger partial charge in [0.25, 0.3) is 5.69 Å². The first-order valence-corrected chi connectivity index (χ1v) is 7.61. The van der Waals surface area contributed by atoms with Crippen molar-refractivity contribution in [2.45, 2.75) is 12.8 Å². The Bertz CT molecular complexity index is 690. The molecule has 1 aliphatic heterocycles. The van der Waals surface area contributed by atoms with E-state index >= 15 is 0 Å². The molecule has 3 rings (SSSR count). The van der Waals surface area contributed by atoms with Gasteiger partial charge in [0.2, 0.25) is 0 Å². The minimum atomic E-state index is -0.422. The quantitative estimate of drug-likeness (QED) is 0.520. The molecule has 2 aromatic rings. The number of hydrogen-bond acceptors (Lipinski definition) is 5. The van der Waals surface area contributed by atoms with Crippen LogP contribution in [0.2, 0.25) is 0 Å². The molecule has 23 heavy (non-hydrogen) atoms. The third kappa shape index (κ3) is 3.85. The van der Waals surface area contributed by atoms with Gasteiger partial charge < -0.3 is 4.90 Å². The molecule has 1 aliphatic rings. The van der Waals surface area contributed by atoms with Crippen LogP contribution < -0.4 is 10.3 Å². The zero-order chi connectivity index (χ0) is 16.1. The van der Waals surface area contributed by atoms with Crippen molar-refractivity contribution >= 4 is 23.3 Å². The number of nitro benzene ring substituents is 1. The van der Waals surface area contributed by atoms with Gasteiger partial charge in [-0.25, -0.2) is 0 Å². The number of anilines is 2. The SMILES string of the molecule is O=[N+]([O-])c1ccc(N/N=C\c2ccc(N3CCCC3)cc2)cc1. The second kappa shape index (κ2) is 6.91. The van der Waals surface area contributed by atoms with Crippen molar-refractivity contribution in [3.05, 3.63) is 64.2 Å². The lowest BCUT2D eigenvalue weighted by Gasteiger charge is -2.17. The summed E-state index contributed by atoms with van der Waals surface area (Å²) in [7, 11) is 0. The summed E-state index contributed by atoms with van der Waals surface area (Å²) in [5, 5.41) is 14.7. The molecule has 1 saturated heterocycles. The lowest BCUT2D eigenvalue weighted by molar-refractivity contribution is -0.384. The summed E-state index contributed by atoms with van der Waals surface area (Å²) >= 11 is 0. The molecule has 6 nitrogen and oxygen atoms in total. The number of nitrogens with one attached hydrogen (secondary N) is 1. The Morgan fingerprint density at radius 1 is 1.04 bits per heavy atom. The van der Waals surface area contributed by atoms with Crippen LogP contribution in [0.3, 0.4) is 0 Å². The maximum absolute atomic E-state index is 10.6. The van der Waals surface area contributed by atoms with Crippen LogP contribution in [0, 0.1) is 10.1 Å². The van der Waals surface area contributed by atoms with E-state index in [4.69, 9.17) is 0 Å². The van der Waals surface area contributed by atoms with E-state index in [0.29, 0.717) is 5.69 Å². The maximum atomic E-state index is 10.6. The number of nitrogens with zero attached hydrogens (tertiary/aromatic N) is 3. The van der Waals surface area contributed by atoms with E-state index in [2.05, 4.69) is 27.6 Å². The fourth-order valence-electron chi connectivity index (χ4n) is 2.59. The number of hydrazone groups is 1. The summed E-state index contributed by atoms with van der Waals surface area (Å²) in [4.78, 5) is 12.5. The third-order valence-corrected chi connectivity index (χ3v) is 3.85. The molecule has 1 N–H and O–H groups in total. The summed E-state index contributed by atoms with van der Waals surface area (Å²) in [5.74, 6) is 0. The molecular weight excluding hydrogens is 292 g/mol. The lowest BCUT2D eigenvalue weighted by atomic mass is 10.2. The van der Waals surface area contributed by atoms with Gasteiger partial charge in [0.1, 0.15) is 0 Å². The average Bonchev–Trinajstić information content (AvgIpc) is 3.10. The monoisotopic (exact) mass is 310 g/mol. The van der Waals surface area contributed by atoms with Crippen molar-refractivity contribution in [2.75, 3.05) is 23.4 Å². The third-order valence-electron chi connectivity index (χ3n) is 3.85. The molecule has 0 amide bonds. The first-order valence-electron chi connectivity index (χ1n) is 7.61. The van der Waals surface area contributed by atoms with Crippen LogP contribution in [0.4, 0.5) is 17.1 Å². The molecule has 2 aromatic carbocycles. The van der Waals surface area contributed by atoms with Crippen molar-refractivity contribution in [3.63, 3.8) is 0 Å². The molecule has 0 radical (unpaired) electrons. The van der Waals surface area contributed by atoms with E-state index in [0.717, 1.165) is 18.7 Å². The normalized spacial score (nSPS) is 14.3. The van der Waals surface area contributed by atoms with E-state index in [1.807, 2.05) is 12.1 Å². The molecule has 1 heterocycles. The van der Waals surface area contributed by atoms with Crippen LogP contribution in [-0.4, -0.2) is 24.2 Å². The van der Waals surface area contributed by atoms with Gasteiger partial charge in [0.15, 0.2) is 0 Å². The summed E-state index contributed by atoms with van der Waals surface area (Å²) in [6.07, 6.45) is 4.26. The van der Waals surface area contributed by atoms with Crippen LogP contribution in [0.1, 0.15) is 18.4 Å². The molecular formula is C17H18N4O2. The zero-order valence-corrected chi connectivity index (χ0v) is 12.7. The Morgan fingerprint density at radius 2 is 1.70 bits per heavy atom. The number of non-ortho nitro benzene ring substituents is 1. The standard InChI is InChI=1S/C17H18N4O2/c22-21(23)17-9-5-15(6-10-17)19-18-13-14-3-7-16(8-4-14)20-11-1-2-12-20/h3-10,13,19H,1-2,11-12H2/b18-13-. The summed E-state index contributed by atoms with van der Waals surface area (Å²) in [5.41, 5.74) is 5.90. The molecule has 1 fully saturated rings. The van der Waals surface area contributed by atoms with Crippen LogP contribution in [-0.2, 0) is 0 Å². The summed E-state index contributed by atoms with van der Waals surface area (Å²) in [6, 6.07) is 14.4. The van der Waals surface area contributed by atoms with Gasteiger partial charge in [0.05, 0.1) is 16.8 Å². The van der Waals surface area contributed by atoms with Crippen LogP contribution >= 0.6 is 0 Å². The largest absolute Gasteiger partial charge is 0.372 e. The Hall–Kier alpha value is -2.89. The number of benzene rings is 2. The highest BCUT2D eigenvalue weighted by Gasteiger charge is 2.11. The summed E-state index contributed by atoms with van der Waals surface area (Å²) in [6.45, 7) is 2.27. The smallest absolute Gasteiger partial charge is 0.269 e. The van der Waals surface area contributed by atoms with E-state index in [-0.39, 0.29) is 5.69 Å². The zero-order valence-electron chi connectivity index (χ0n) is 12.7. The van der Waals surface area contributed by atoms with Crippen molar-refractivity contribution in [3.8, 4) is 0 Å². The highest BCUT2D eigenvalue weighted by atomic mass is 16.6. The predicted octanol–water partition coefficient (Wildman–Crippen LogP) is 3.64. The second-order valence-electron chi connectivity index (χ2n) is 5.46. The van der Waals surface area contributed by atoms with Gasteiger partial charge in [-0.2, -0.15) is 5.10 Å².